The number of amides is 2. The van der Waals surface area contributed by atoms with Crippen molar-refractivity contribution in [3.63, 3.8) is 0 Å². The van der Waals surface area contributed by atoms with Gasteiger partial charge in [-0.15, -0.1) is 0 Å². The maximum absolute atomic E-state index is 12.7. The monoisotopic (exact) mass is 374 g/mol. The maximum Gasteiger partial charge on any atom is 0.287 e. The van der Waals surface area contributed by atoms with Gasteiger partial charge in [0.2, 0.25) is 0 Å². The highest BCUT2D eigenvalue weighted by Gasteiger charge is 2.27. The van der Waals surface area contributed by atoms with Gasteiger partial charge in [-0.2, -0.15) is 0 Å². The van der Waals surface area contributed by atoms with Crippen molar-refractivity contribution in [2.24, 2.45) is 0 Å². The van der Waals surface area contributed by atoms with Crippen LogP contribution >= 0.6 is 11.6 Å². The van der Waals surface area contributed by atoms with Crippen LogP contribution in [0.15, 0.2) is 24.3 Å². The summed E-state index contributed by atoms with van der Waals surface area (Å²) in [6.45, 7) is 3.40. The second kappa shape index (κ2) is 8.36. The van der Waals surface area contributed by atoms with Crippen molar-refractivity contribution in [3.05, 3.63) is 46.5 Å². The summed E-state index contributed by atoms with van der Waals surface area (Å²) in [6.07, 6.45) is 4.65. The van der Waals surface area contributed by atoms with Gasteiger partial charge >= 0.3 is 0 Å². The van der Waals surface area contributed by atoms with E-state index >= 15 is 0 Å². The molecule has 0 unspecified atom stereocenters. The van der Waals surface area contributed by atoms with Crippen LogP contribution in [0.3, 0.4) is 0 Å². The van der Waals surface area contributed by atoms with Gasteiger partial charge in [-0.1, -0.05) is 24.9 Å². The summed E-state index contributed by atoms with van der Waals surface area (Å²) in [5.41, 5.74) is 1.81. The highest BCUT2D eigenvalue weighted by Crippen LogP contribution is 2.22. The van der Waals surface area contributed by atoms with E-state index in [1.54, 1.807) is 24.3 Å². The smallest absolute Gasteiger partial charge is 0.287 e. The van der Waals surface area contributed by atoms with Crippen LogP contribution in [0, 0.1) is 0 Å². The molecular formula is C19H23ClN4O2. The van der Waals surface area contributed by atoms with E-state index < -0.39 is 0 Å². The van der Waals surface area contributed by atoms with E-state index in [4.69, 9.17) is 11.6 Å². The molecule has 3 rings (SSSR count). The molecule has 2 aromatic rings. The minimum atomic E-state index is -0.300. The average molecular weight is 375 g/mol. The summed E-state index contributed by atoms with van der Waals surface area (Å²) in [6, 6.07) is 6.90. The molecule has 7 heteroatoms. The van der Waals surface area contributed by atoms with Crippen molar-refractivity contribution < 1.29 is 9.59 Å². The van der Waals surface area contributed by atoms with Crippen LogP contribution in [-0.4, -0.2) is 27.9 Å². The predicted molar refractivity (Wildman–Crippen MR) is 102 cm³/mol. The number of aromatic nitrogens is 2. The Bertz CT molecular complexity index is 799. The summed E-state index contributed by atoms with van der Waals surface area (Å²) in [4.78, 5) is 29.6. The molecule has 0 bridgehead atoms. The van der Waals surface area contributed by atoms with E-state index in [9.17, 15) is 9.59 Å². The van der Waals surface area contributed by atoms with E-state index in [2.05, 4.69) is 22.5 Å². The Kier molecular flexibility index (Phi) is 5.93. The number of hydrogen-bond acceptors (Lipinski definition) is 3. The van der Waals surface area contributed by atoms with Crippen LogP contribution in [0.1, 0.15) is 59.4 Å². The first kappa shape index (κ1) is 18.5. The quantitative estimate of drug-likeness (QED) is 0.757. The summed E-state index contributed by atoms with van der Waals surface area (Å²) < 4.78 is 1.89. The fourth-order valence-corrected chi connectivity index (χ4v) is 3.21. The molecule has 6 nitrogen and oxygen atoms in total. The first-order chi connectivity index (χ1) is 12.6. The fraction of sp³-hybridized carbons (Fsp3) is 0.421. The summed E-state index contributed by atoms with van der Waals surface area (Å²) >= 11 is 5.88. The molecule has 1 aromatic carbocycles. The molecule has 26 heavy (non-hydrogen) atoms. The van der Waals surface area contributed by atoms with E-state index in [0.29, 0.717) is 35.3 Å². The zero-order chi connectivity index (χ0) is 18.5. The summed E-state index contributed by atoms with van der Waals surface area (Å²) in [5, 5.41) is 6.33. The lowest BCUT2D eigenvalue weighted by atomic mass is 10.1. The maximum atomic E-state index is 12.7. The first-order valence-corrected chi connectivity index (χ1v) is 9.42. The molecule has 0 saturated carbocycles. The first-order valence-electron chi connectivity index (χ1n) is 9.04. The normalized spacial score (nSPS) is 13.2. The lowest BCUT2D eigenvalue weighted by Gasteiger charge is -2.17. The SMILES string of the molecule is CCCCNC(=O)c1nc(C(=O)Nc2ccc(Cl)cc2)c2n1CCCC2. The molecule has 138 valence electrons. The standard InChI is InChI=1S/C19H23ClN4O2/c1-2-3-11-21-19(26)17-23-16(15-6-4-5-12-24(15)17)18(25)22-14-9-7-13(20)8-10-14/h7-10H,2-6,11-12H2,1H3,(H,21,26)(H,22,25). The fourth-order valence-electron chi connectivity index (χ4n) is 3.08. The molecule has 1 aliphatic rings. The molecule has 2 heterocycles. The molecule has 0 saturated heterocycles. The van der Waals surface area contributed by atoms with Crippen LogP contribution in [0.5, 0.6) is 0 Å². The molecule has 0 spiro atoms. The van der Waals surface area contributed by atoms with Crippen molar-refractivity contribution in [2.75, 3.05) is 11.9 Å². The van der Waals surface area contributed by atoms with Gasteiger partial charge < -0.3 is 15.2 Å². The third kappa shape index (κ3) is 4.07. The third-order valence-electron chi connectivity index (χ3n) is 4.45. The molecule has 0 atom stereocenters. The van der Waals surface area contributed by atoms with E-state index in [-0.39, 0.29) is 11.8 Å². The van der Waals surface area contributed by atoms with Gasteiger partial charge in [0, 0.05) is 23.8 Å². The van der Waals surface area contributed by atoms with Gasteiger partial charge in [0.25, 0.3) is 11.8 Å². The Labute approximate surface area is 157 Å². The van der Waals surface area contributed by atoms with E-state index in [0.717, 1.165) is 37.8 Å². The van der Waals surface area contributed by atoms with Crippen molar-refractivity contribution in [1.29, 1.82) is 0 Å². The molecule has 2 N–H and O–H groups in total. The number of rotatable bonds is 6. The summed E-state index contributed by atoms with van der Waals surface area (Å²) in [7, 11) is 0. The number of halogens is 1. The number of anilines is 1. The van der Waals surface area contributed by atoms with Crippen LogP contribution < -0.4 is 10.6 Å². The Balaban J connectivity index is 1.83. The number of nitrogens with zero attached hydrogens (tertiary/aromatic N) is 2. The van der Waals surface area contributed by atoms with Crippen LogP contribution in [-0.2, 0) is 13.0 Å². The average Bonchev–Trinajstić information content (AvgIpc) is 3.04. The minimum Gasteiger partial charge on any atom is -0.349 e. The second-order valence-corrected chi connectivity index (χ2v) is 6.85. The Morgan fingerprint density at radius 3 is 2.69 bits per heavy atom. The molecule has 0 aliphatic carbocycles. The molecule has 0 radical (unpaired) electrons. The lowest BCUT2D eigenvalue weighted by molar-refractivity contribution is 0.0937. The van der Waals surface area contributed by atoms with Gasteiger partial charge in [0.15, 0.2) is 11.5 Å². The van der Waals surface area contributed by atoms with E-state index in [1.165, 1.54) is 0 Å². The molecule has 0 fully saturated rings. The minimum absolute atomic E-state index is 0.216. The number of unbranched alkanes of at least 4 members (excludes halogenated alkanes) is 1. The predicted octanol–water partition coefficient (Wildman–Crippen LogP) is 3.66. The molecule has 1 aromatic heterocycles. The van der Waals surface area contributed by atoms with E-state index in [1.807, 2.05) is 4.57 Å². The number of carbonyl (C=O) groups is 2. The lowest BCUT2D eigenvalue weighted by Crippen LogP contribution is -2.28. The van der Waals surface area contributed by atoms with Gasteiger partial charge in [-0.25, -0.2) is 4.98 Å². The molecular weight excluding hydrogens is 352 g/mol. The number of benzene rings is 1. The van der Waals surface area contributed by atoms with Crippen LogP contribution in [0.25, 0.3) is 0 Å². The van der Waals surface area contributed by atoms with Crippen LogP contribution in [0.4, 0.5) is 5.69 Å². The van der Waals surface area contributed by atoms with Crippen LogP contribution in [0.2, 0.25) is 5.02 Å². The second-order valence-electron chi connectivity index (χ2n) is 6.41. The molecule has 2 amide bonds. The Hall–Kier alpha value is -2.34. The van der Waals surface area contributed by atoms with Crippen molar-refractivity contribution in [2.45, 2.75) is 45.6 Å². The topological polar surface area (TPSA) is 76.0 Å². The van der Waals surface area contributed by atoms with Gasteiger partial charge in [-0.3, -0.25) is 9.59 Å². The largest absolute Gasteiger partial charge is 0.349 e. The summed E-state index contributed by atoms with van der Waals surface area (Å²) in [5.74, 6) is -0.185. The Morgan fingerprint density at radius 1 is 1.19 bits per heavy atom. The Morgan fingerprint density at radius 2 is 1.96 bits per heavy atom. The number of fused-ring (bicyclic) bond motifs is 1. The van der Waals surface area contributed by atoms with Crippen molar-refractivity contribution in [1.82, 2.24) is 14.9 Å². The zero-order valence-corrected chi connectivity index (χ0v) is 15.6. The van der Waals surface area contributed by atoms with Crippen molar-refractivity contribution in [3.8, 4) is 0 Å². The van der Waals surface area contributed by atoms with Gasteiger partial charge in [0.05, 0.1) is 5.69 Å². The number of nitrogens with one attached hydrogen (secondary N) is 2. The number of imidazole rings is 1. The van der Waals surface area contributed by atoms with Gasteiger partial charge in [0.1, 0.15) is 0 Å². The number of hydrogen-bond donors (Lipinski definition) is 2. The van der Waals surface area contributed by atoms with Crippen molar-refractivity contribution >= 4 is 29.1 Å². The zero-order valence-electron chi connectivity index (χ0n) is 14.8. The highest BCUT2D eigenvalue weighted by molar-refractivity contribution is 6.30. The molecule has 1 aliphatic heterocycles. The van der Waals surface area contributed by atoms with Gasteiger partial charge in [-0.05, 0) is 49.9 Å². The highest BCUT2D eigenvalue weighted by atomic mass is 35.5. The number of carbonyl (C=O) groups excluding carboxylic acids is 2. The third-order valence-corrected chi connectivity index (χ3v) is 4.71.